The maximum absolute atomic E-state index is 12.4. The van der Waals surface area contributed by atoms with E-state index in [1.54, 1.807) is 24.5 Å². The zero-order valence-electron chi connectivity index (χ0n) is 16.5. The summed E-state index contributed by atoms with van der Waals surface area (Å²) in [5, 5.41) is 9.24. The molecule has 1 aromatic heterocycles. The number of aromatic carboxylic acids is 1. The second-order valence-electron chi connectivity index (χ2n) is 7.03. The Bertz CT molecular complexity index is 728. The van der Waals surface area contributed by atoms with Crippen LogP contribution in [0.4, 0.5) is 0 Å². The van der Waals surface area contributed by atoms with Gasteiger partial charge in [-0.15, -0.1) is 0 Å². The zero-order valence-corrected chi connectivity index (χ0v) is 16.5. The van der Waals surface area contributed by atoms with Crippen LogP contribution in [0.25, 0.3) is 0 Å². The van der Waals surface area contributed by atoms with Crippen molar-refractivity contribution in [3.05, 3.63) is 53.6 Å². The van der Waals surface area contributed by atoms with Gasteiger partial charge in [0.1, 0.15) is 12.4 Å². The summed E-state index contributed by atoms with van der Waals surface area (Å²) in [5.74, 6) is -0.982. The minimum Gasteiger partial charge on any atom is -0.478 e. The van der Waals surface area contributed by atoms with Crippen molar-refractivity contribution < 1.29 is 19.4 Å². The lowest BCUT2D eigenvalue weighted by atomic mass is 10.00. The zero-order chi connectivity index (χ0) is 20.2. The molecule has 1 atom stereocenters. The Morgan fingerprint density at radius 1 is 1.07 bits per heavy atom. The van der Waals surface area contributed by atoms with Crippen LogP contribution >= 0.6 is 0 Å². The molecular formula is C22H30N2O4. The predicted molar refractivity (Wildman–Crippen MR) is 108 cm³/mol. The van der Waals surface area contributed by atoms with Crippen LogP contribution in [-0.2, 0) is 4.74 Å². The number of unbranched alkanes of at least 4 members (excludes halogenated alkanes) is 6. The molecule has 6 heteroatoms. The third-order valence-corrected chi connectivity index (χ3v) is 4.86. The third-order valence-electron chi connectivity index (χ3n) is 4.86. The van der Waals surface area contributed by atoms with Crippen molar-refractivity contribution in [1.29, 1.82) is 0 Å². The van der Waals surface area contributed by atoms with E-state index in [1.807, 2.05) is 0 Å². The summed E-state index contributed by atoms with van der Waals surface area (Å²) in [7, 11) is 0. The first-order valence-corrected chi connectivity index (χ1v) is 10.1. The molecule has 152 valence electrons. The molecule has 0 aliphatic carbocycles. The first kappa shape index (κ1) is 21.7. The van der Waals surface area contributed by atoms with Crippen LogP contribution in [0.1, 0.15) is 90.7 Å². The molecule has 1 heterocycles. The van der Waals surface area contributed by atoms with Crippen molar-refractivity contribution in [2.45, 2.75) is 64.2 Å². The molecule has 28 heavy (non-hydrogen) atoms. The van der Waals surface area contributed by atoms with E-state index in [-0.39, 0.29) is 23.7 Å². The molecule has 0 fully saturated rings. The number of rotatable bonds is 13. The number of H-pyrrole nitrogens is 1. The van der Waals surface area contributed by atoms with Crippen LogP contribution in [0.5, 0.6) is 0 Å². The van der Waals surface area contributed by atoms with Gasteiger partial charge in [0.05, 0.1) is 17.0 Å². The van der Waals surface area contributed by atoms with Gasteiger partial charge in [0, 0.05) is 12.4 Å². The molecule has 0 saturated carbocycles. The van der Waals surface area contributed by atoms with Crippen LogP contribution in [0.3, 0.4) is 0 Å². The van der Waals surface area contributed by atoms with E-state index in [9.17, 15) is 14.7 Å². The number of imidazole rings is 1. The highest BCUT2D eigenvalue weighted by molar-refractivity contribution is 6.02. The molecule has 6 nitrogen and oxygen atoms in total. The highest BCUT2D eigenvalue weighted by Gasteiger charge is 2.20. The standard InChI is InChI=1S/C22H30N2O4/c1-2-3-4-5-6-7-8-11-17(20-23-14-15-24-20)16-28-22(27)19-13-10-9-12-18(19)21(25)26/h9-10,12-15,17H,2-8,11,16H2,1H3,(H,23,24)(H,25,26). The van der Waals surface area contributed by atoms with Crippen molar-refractivity contribution in [3.63, 3.8) is 0 Å². The lowest BCUT2D eigenvalue weighted by molar-refractivity contribution is 0.0462. The average molecular weight is 386 g/mol. The van der Waals surface area contributed by atoms with Gasteiger partial charge in [0.15, 0.2) is 0 Å². The fourth-order valence-electron chi connectivity index (χ4n) is 3.25. The van der Waals surface area contributed by atoms with Gasteiger partial charge in [0.2, 0.25) is 0 Å². The number of esters is 1. The monoisotopic (exact) mass is 386 g/mol. The number of ether oxygens (including phenoxy) is 1. The van der Waals surface area contributed by atoms with Gasteiger partial charge in [-0.2, -0.15) is 0 Å². The number of nitrogens with zero attached hydrogens (tertiary/aromatic N) is 1. The molecule has 0 spiro atoms. The first-order chi connectivity index (χ1) is 13.6. The first-order valence-electron chi connectivity index (χ1n) is 10.1. The van der Waals surface area contributed by atoms with Gasteiger partial charge >= 0.3 is 11.9 Å². The number of carbonyl (C=O) groups excluding carboxylic acids is 1. The smallest absolute Gasteiger partial charge is 0.339 e. The molecule has 2 aromatic rings. The largest absolute Gasteiger partial charge is 0.478 e. The molecule has 1 unspecified atom stereocenters. The van der Waals surface area contributed by atoms with Gasteiger partial charge in [0.25, 0.3) is 0 Å². The molecule has 0 amide bonds. The summed E-state index contributed by atoms with van der Waals surface area (Å²) in [6.45, 7) is 2.39. The number of carboxylic acid groups (broad SMARTS) is 1. The second kappa shape index (κ2) is 12.0. The Kier molecular flexibility index (Phi) is 9.25. The third kappa shape index (κ3) is 6.83. The Hall–Kier alpha value is -2.63. The molecule has 2 rings (SSSR count). The van der Waals surface area contributed by atoms with E-state index in [0.29, 0.717) is 0 Å². The normalized spacial score (nSPS) is 11.9. The number of aromatic amines is 1. The molecule has 0 aliphatic rings. The maximum Gasteiger partial charge on any atom is 0.339 e. The quantitative estimate of drug-likeness (QED) is 0.365. The van der Waals surface area contributed by atoms with E-state index in [2.05, 4.69) is 16.9 Å². The van der Waals surface area contributed by atoms with E-state index >= 15 is 0 Å². The van der Waals surface area contributed by atoms with Crippen LogP contribution in [0.2, 0.25) is 0 Å². The van der Waals surface area contributed by atoms with Crippen LogP contribution in [-0.4, -0.2) is 33.6 Å². The van der Waals surface area contributed by atoms with Crippen LogP contribution in [0.15, 0.2) is 36.7 Å². The van der Waals surface area contributed by atoms with Crippen molar-refractivity contribution in [3.8, 4) is 0 Å². The van der Waals surface area contributed by atoms with Gasteiger partial charge in [-0.25, -0.2) is 14.6 Å². The number of nitrogens with one attached hydrogen (secondary N) is 1. The van der Waals surface area contributed by atoms with Crippen molar-refractivity contribution in [2.75, 3.05) is 6.61 Å². The summed E-state index contributed by atoms with van der Waals surface area (Å²) in [6.07, 6.45) is 12.8. The summed E-state index contributed by atoms with van der Waals surface area (Å²) in [5.41, 5.74) is 0.0262. The minimum absolute atomic E-state index is 0.0217. The molecule has 0 radical (unpaired) electrons. The van der Waals surface area contributed by atoms with Crippen LogP contribution in [0, 0.1) is 0 Å². The Balaban J connectivity index is 1.88. The highest BCUT2D eigenvalue weighted by Crippen LogP contribution is 2.22. The lowest BCUT2D eigenvalue weighted by Crippen LogP contribution is -2.17. The number of aromatic nitrogens is 2. The number of hydrogen-bond acceptors (Lipinski definition) is 4. The molecular weight excluding hydrogens is 356 g/mol. The van der Waals surface area contributed by atoms with Crippen molar-refractivity contribution in [2.24, 2.45) is 0 Å². The molecule has 2 N–H and O–H groups in total. The molecule has 0 aliphatic heterocycles. The highest BCUT2D eigenvalue weighted by atomic mass is 16.5. The maximum atomic E-state index is 12.4. The Labute approximate surface area is 166 Å². The van der Waals surface area contributed by atoms with Gasteiger partial charge in [-0.3, -0.25) is 0 Å². The van der Waals surface area contributed by atoms with Gasteiger partial charge in [-0.05, 0) is 18.6 Å². The molecule has 0 bridgehead atoms. The summed E-state index contributed by atoms with van der Waals surface area (Å²) in [6, 6.07) is 6.10. The Morgan fingerprint density at radius 2 is 1.75 bits per heavy atom. The predicted octanol–water partition coefficient (Wildman–Crippen LogP) is 5.19. The van der Waals surface area contributed by atoms with E-state index in [0.717, 1.165) is 25.1 Å². The van der Waals surface area contributed by atoms with E-state index < -0.39 is 11.9 Å². The van der Waals surface area contributed by atoms with Crippen molar-refractivity contribution in [1.82, 2.24) is 9.97 Å². The van der Waals surface area contributed by atoms with E-state index in [4.69, 9.17) is 4.74 Å². The summed E-state index contributed by atoms with van der Waals surface area (Å²) < 4.78 is 5.45. The molecule has 0 saturated heterocycles. The average Bonchev–Trinajstić information content (AvgIpc) is 3.24. The lowest BCUT2D eigenvalue weighted by Gasteiger charge is -2.15. The van der Waals surface area contributed by atoms with Crippen molar-refractivity contribution >= 4 is 11.9 Å². The fourth-order valence-corrected chi connectivity index (χ4v) is 3.25. The van der Waals surface area contributed by atoms with Gasteiger partial charge < -0.3 is 14.8 Å². The second-order valence-corrected chi connectivity index (χ2v) is 7.03. The van der Waals surface area contributed by atoms with Gasteiger partial charge in [-0.1, -0.05) is 64.0 Å². The fraction of sp³-hybridized carbons (Fsp3) is 0.500. The summed E-state index contributed by atoms with van der Waals surface area (Å²) in [4.78, 5) is 31.1. The topological polar surface area (TPSA) is 92.3 Å². The van der Waals surface area contributed by atoms with Crippen LogP contribution < -0.4 is 0 Å². The SMILES string of the molecule is CCCCCCCCCC(COC(=O)c1ccccc1C(=O)O)c1ncc[nH]1. The number of benzene rings is 1. The molecule has 1 aromatic carbocycles. The number of carbonyl (C=O) groups is 2. The Morgan fingerprint density at radius 3 is 2.39 bits per heavy atom. The van der Waals surface area contributed by atoms with E-state index in [1.165, 1.54) is 44.2 Å². The summed E-state index contributed by atoms with van der Waals surface area (Å²) >= 11 is 0. The minimum atomic E-state index is -1.14. The number of hydrogen-bond donors (Lipinski definition) is 2. The number of carboxylic acids is 1.